The van der Waals surface area contributed by atoms with Gasteiger partial charge in [-0.2, -0.15) is 0 Å². The van der Waals surface area contributed by atoms with Gasteiger partial charge in [0.1, 0.15) is 11.5 Å². The Morgan fingerprint density at radius 2 is 1.82 bits per heavy atom. The van der Waals surface area contributed by atoms with Gasteiger partial charge in [-0.1, -0.05) is 36.4 Å². The second-order valence-electron chi connectivity index (χ2n) is 8.36. The molecule has 0 aliphatic carbocycles. The number of aliphatic imine (C=N–C) groups is 1. The summed E-state index contributed by atoms with van der Waals surface area (Å²) >= 11 is 0. The van der Waals surface area contributed by atoms with Gasteiger partial charge in [-0.3, -0.25) is 9.69 Å². The molecule has 2 aliphatic rings. The van der Waals surface area contributed by atoms with Crippen LogP contribution in [0.2, 0.25) is 0 Å². The summed E-state index contributed by atoms with van der Waals surface area (Å²) in [4.78, 5) is 19.9. The summed E-state index contributed by atoms with van der Waals surface area (Å²) in [6.45, 7) is 3.28. The summed E-state index contributed by atoms with van der Waals surface area (Å²) in [5.74, 6) is 1.72. The Bertz CT molecular complexity index is 1250. The molecule has 0 aromatic heterocycles. The first-order chi connectivity index (χ1) is 16.0. The average Bonchev–Trinajstić information content (AvgIpc) is 3.09. The van der Waals surface area contributed by atoms with E-state index in [4.69, 9.17) is 20.2 Å². The molecule has 2 N–H and O–H groups in total. The van der Waals surface area contributed by atoms with E-state index < -0.39 is 5.54 Å². The topological polar surface area (TPSA) is 77.2 Å². The van der Waals surface area contributed by atoms with Crippen molar-refractivity contribution in [3.05, 3.63) is 83.4 Å². The Labute approximate surface area is 193 Å². The van der Waals surface area contributed by atoms with E-state index in [1.807, 2.05) is 73.7 Å². The summed E-state index contributed by atoms with van der Waals surface area (Å²) in [5.41, 5.74) is 9.58. The highest BCUT2D eigenvalue weighted by atomic mass is 16.5. The zero-order valence-corrected chi connectivity index (χ0v) is 18.9. The van der Waals surface area contributed by atoms with Gasteiger partial charge < -0.3 is 15.2 Å². The maximum absolute atomic E-state index is 13.7. The first-order valence-corrected chi connectivity index (χ1v) is 11.3. The fourth-order valence-electron chi connectivity index (χ4n) is 4.63. The van der Waals surface area contributed by atoms with Crippen molar-refractivity contribution < 1.29 is 14.3 Å². The molecule has 0 radical (unpaired) electrons. The lowest BCUT2D eigenvalue weighted by atomic mass is 9.80. The SMILES string of the molecule is CCOc1cccc(-c2cccc(C3(c4ccc5c(c4)CCCO5)N=C(N)N(C)C3=O)c2)c1. The third-order valence-electron chi connectivity index (χ3n) is 6.33. The average molecular weight is 442 g/mol. The first-order valence-electron chi connectivity index (χ1n) is 11.3. The quantitative estimate of drug-likeness (QED) is 0.647. The standard InChI is InChI=1S/C27H27N3O3/c1-3-32-23-11-5-8-19(17-23)18-7-4-10-21(15-18)27(25(31)30(2)26(28)29-27)22-12-13-24-20(16-22)9-6-14-33-24/h4-5,7-8,10-13,15-17H,3,6,9,14H2,1-2H3,(H2,28,29). The van der Waals surface area contributed by atoms with E-state index in [9.17, 15) is 4.79 Å². The van der Waals surface area contributed by atoms with E-state index in [1.54, 1.807) is 7.05 Å². The molecule has 5 rings (SSSR count). The minimum atomic E-state index is -1.24. The van der Waals surface area contributed by atoms with Gasteiger partial charge in [0.2, 0.25) is 0 Å². The Hall–Kier alpha value is -3.80. The number of fused-ring (bicyclic) bond motifs is 1. The highest BCUT2D eigenvalue weighted by molar-refractivity contribution is 6.09. The summed E-state index contributed by atoms with van der Waals surface area (Å²) in [5, 5.41) is 0. The first kappa shape index (κ1) is 21.1. The predicted octanol–water partition coefficient (Wildman–Crippen LogP) is 4.11. The van der Waals surface area contributed by atoms with E-state index >= 15 is 0 Å². The van der Waals surface area contributed by atoms with Crippen LogP contribution in [-0.2, 0) is 16.8 Å². The highest BCUT2D eigenvalue weighted by Gasteiger charge is 2.49. The minimum absolute atomic E-state index is 0.170. The molecule has 0 saturated carbocycles. The molecular formula is C27H27N3O3. The van der Waals surface area contributed by atoms with Crippen LogP contribution in [0.15, 0.2) is 71.7 Å². The van der Waals surface area contributed by atoms with Crippen LogP contribution in [0.4, 0.5) is 0 Å². The molecular weight excluding hydrogens is 414 g/mol. The van der Waals surface area contributed by atoms with E-state index in [2.05, 4.69) is 0 Å². The number of likely N-dealkylation sites (N-methyl/N-ethyl adjacent to an activating group) is 1. The lowest BCUT2D eigenvalue weighted by Crippen LogP contribution is -2.41. The van der Waals surface area contributed by atoms with Crippen LogP contribution in [0.5, 0.6) is 11.5 Å². The van der Waals surface area contributed by atoms with Crippen LogP contribution in [0.1, 0.15) is 30.0 Å². The number of carbonyl (C=O) groups is 1. The number of hydrogen-bond donors (Lipinski definition) is 1. The van der Waals surface area contributed by atoms with E-state index in [0.29, 0.717) is 13.2 Å². The largest absolute Gasteiger partial charge is 0.494 e. The number of ether oxygens (including phenoxy) is 2. The predicted molar refractivity (Wildman–Crippen MR) is 128 cm³/mol. The summed E-state index contributed by atoms with van der Waals surface area (Å²) in [6, 6.07) is 21.8. The van der Waals surface area contributed by atoms with E-state index in [0.717, 1.165) is 52.2 Å². The van der Waals surface area contributed by atoms with Crippen molar-refractivity contribution in [2.75, 3.05) is 20.3 Å². The van der Waals surface area contributed by atoms with E-state index in [-0.39, 0.29) is 11.9 Å². The highest BCUT2D eigenvalue weighted by Crippen LogP contribution is 2.42. The molecule has 2 aliphatic heterocycles. The molecule has 33 heavy (non-hydrogen) atoms. The van der Waals surface area contributed by atoms with Crippen LogP contribution in [0, 0.1) is 0 Å². The number of rotatable bonds is 5. The third kappa shape index (κ3) is 3.52. The molecule has 1 unspecified atom stereocenters. The molecule has 6 heteroatoms. The molecule has 6 nitrogen and oxygen atoms in total. The van der Waals surface area contributed by atoms with Gasteiger partial charge in [0.25, 0.3) is 5.91 Å². The monoisotopic (exact) mass is 441 g/mol. The van der Waals surface area contributed by atoms with Gasteiger partial charge in [0, 0.05) is 7.05 Å². The number of guanidine groups is 1. The van der Waals surface area contributed by atoms with Crippen molar-refractivity contribution in [1.82, 2.24) is 4.90 Å². The zero-order chi connectivity index (χ0) is 23.0. The number of benzene rings is 3. The van der Waals surface area contributed by atoms with Gasteiger partial charge in [-0.25, -0.2) is 4.99 Å². The molecule has 0 saturated heterocycles. The number of nitrogens with zero attached hydrogens (tertiary/aromatic N) is 2. The fraction of sp³-hybridized carbons (Fsp3) is 0.259. The number of carbonyl (C=O) groups excluding carboxylic acids is 1. The number of nitrogens with two attached hydrogens (primary N) is 1. The van der Waals surface area contributed by atoms with Crippen molar-refractivity contribution in [2.45, 2.75) is 25.3 Å². The molecule has 1 amide bonds. The smallest absolute Gasteiger partial charge is 0.266 e. The van der Waals surface area contributed by atoms with Crippen molar-refractivity contribution >= 4 is 11.9 Å². The minimum Gasteiger partial charge on any atom is -0.494 e. The number of hydrogen-bond acceptors (Lipinski definition) is 5. The van der Waals surface area contributed by atoms with Crippen molar-refractivity contribution in [1.29, 1.82) is 0 Å². The number of amides is 1. The molecule has 2 heterocycles. The maximum Gasteiger partial charge on any atom is 0.266 e. The van der Waals surface area contributed by atoms with Gasteiger partial charge in [0.05, 0.1) is 13.2 Å². The molecule has 0 spiro atoms. The summed E-state index contributed by atoms with van der Waals surface area (Å²) in [6.07, 6.45) is 1.86. The zero-order valence-electron chi connectivity index (χ0n) is 18.9. The molecule has 0 bridgehead atoms. The maximum atomic E-state index is 13.7. The third-order valence-corrected chi connectivity index (χ3v) is 6.33. The summed E-state index contributed by atoms with van der Waals surface area (Å²) in [7, 11) is 1.67. The van der Waals surface area contributed by atoms with Crippen LogP contribution in [0.3, 0.4) is 0 Å². The number of aryl methyl sites for hydroxylation is 1. The molecule has 0 fully saturated rings. The molecule has 3 aromatic carbocycles. The Kier molecular flexibility index (Phi) is 5.29. The Morgan fingerprint density at radius 3 is 2.58 bits per heavy atom. The lowest BCUT2D eigenvalue weighted by Gasteiger charge is -2.28. The van der Waals surface area contributed by atoms with Gasteiger partial charge in [-0.15, -0.1) is 0 Å². The van der Waals surface area contributed by atoms with Gasteiger partial charge >= 0.3 is 0 Å². The second kappa shape index (κ2) is 8.28. The van der Waals surface area contributed by atoms with Gasteiger partial charge in [0.15, 0.2) is 11.5 Å². The van der Waals surface area contributed by atoms with E-state index in [1.165, 1.54) is 4.90 Å². The Morgan fingerprint density at radius 1 is 1.06 bits per heavy atom. The van der Waals surface area contributed by atoms with Crippen LogP contribution < -0.4 is 15.2 Å². The Balaban J connectivity index is 1.66. The normalized spacial score (nSPS) is 19.6. The van der Waals surface area contributed by atoms with Crippen molar-refractivity contribution in [3.8, 4) is 22.6 Å². The summed E-state index contributed by atoms with van der Waals surface area (Å²) < 4.78 is 11.5. The van der Waals surface area contributed by atoms with Crippen LogP contribution in [-0.4, -0.2) is 37.0 Å². The van der Waals surface area contributed by atoms with Crippen molar-refractivity contribution in [2.24, 2.45) is 10.7 Å². The lowest BCUT2D eigenvalue weighted by molar-refractivity contribution is -0.129. The second-order valence-corrected chi connectivity index (χ2v) is 8.36. The van der Waals surface area contributed by atoms with Crippen LogP contribution in [0.25, 0.3) is 11.1 Å². The molecule has 3 aromatic rings. The van der Waals surface area contributed by atoms with Crippen LogP contribution >= 0.6 is 0 Å². The van der Waals surface area contributed by atoms with Crippen molar-refractivity contribution in [3.63, 3.8) is 0 Å². The van der Waals surface area contributed by atoms with Gasteiger partial charge in [-0.05, 0) is 77.9 Å². The molecule has 168 valence electrons. The molecule has 1 atom stereocenters. The fourth-order valence-corrected chi connectivity index (χ4v) is 4.63.